The SMILES string of the molecule is COc1cccc([C@H](CCOC2CCCCO2)[C@H]2CC=CC(=O)N2S(=O)(=O)c2ccccc2[N+](=O)[O-])c1. The Bertz CT molecular complexity index is 1260. The number of ether oxygens (including phenoxy) is 3. The number of hydrogen-bond donors (Lipinski definition) is 0. The van der Waals surface area contributed by atoms with E-state index in [4.69, 9.17) is 14.2 Å². The highest BCUT2D eigenvalue weighted by Gasteiger charge is 2.43. The number of rotatable bonds is 10. The van der Waals surface area contributed by atoms with Gasteiger partial charge in [-0.3, -0.25) is 14.9 Å². The lowest BCUT2D eigenvalue weighted by atomic mass is 9.85. The Labute approximate surface area is 216 Å². The van der Waals surface area contributed by atoms with Crippen LogP contribution in [0.5, 0.6) is 5.75 Å². The van der Waals surface area contributed by atoms with Gasteiger partial charge in [0.1, 0.15) is 5.75 Å². The summed E-state index contributed by atoms with van der Waals surface area (Å²) in [6, 6.07) is 11.5. The van der Waals surface area contributed by atoms with Gasteiger partial charge >= 0.3 is 0 Å². The first-order chi connectivity index (χ1) is 17.8. The molecule has 2 aromatic carbocycles. The number of nitro groups is 1. The van der Waals surface area contributed by atoms with Crippen molar-refractivity contribution in [1.29, 1.82) is 0 Å². The molecule has 1 fully saturated rings. The molecule has 2 aromatic rings. The molecule has 2 aliphatic heterocycles. The van der Waals surface area contributed by atoms with E-state index < -0.39 is 43.4 Å². The molecule has 0 aromatic heterocycles. The summed E-state index contributed by atoms with van der Waals surface area (Å²) in [6.07, 6.45) is 5.92. The van der Waals surface area contributed by atoms with Crippen LogP contribution < -0.4 is 4.74 Å². The molecule has 37 heavy (non-hydrogen) atoms. The third-order valence-corrected chi connectivity index (χ3v) is 8.48. The topological polar surface area (TPSA) is 125 Å². The molecule has 0 spiro atoms. The molecule has 1 unspecified atom stereocenters. The summed E-state index contributed by atoms with van der Waals surface area (Å²) < 4.78 is 45.4. The van der Waals surface area contributed by atoms with E-state index in [-0.39, 0.29) is 19.3 Å². The number of para-hydroxylation sites is 1. The number of methoxy groups -OCH3 is 1. The molecule has 10 nitrogen and oxygen atoms in total. The second-order valence-electron chi connectivity index (χ2n) is 8.91. The third kappa shape index (κ3) is 6.00. The fourth-order valence-electron chi connectivity index (χ4n) is 4.82. The maximum absolute atomic E-state index is 13.8. The minimum absolute atomic E-state index is 0.243. The van der Waals surface area contributed by atoms with Gasteiger partial charge in [0.2, 0.25) is 0 Å². The summed E-state index contributed by atoms with van der Waals surface area (Å²) in [5.74, 6) is -0.631. The van der Waals surface area contributed by atoms with Gasteiger partial charge in [0.25, 0.3) is 21.6 Å². The predicted octanol–water partition coefficient (Wildman–Crippen LogP) is 4.17. The first-order valence-corrected chi connectivity index (χ1v) is 13.6. The van der Waals surface area contributed by atoms with Crippen molar-refractivity contribution in [2.45, 2.75) is 55.2 Å². The van der Waals surface area contributed by atoms with Crippen LogP contribution in [0.2, 0.25) is 0 Å². The molecule has 0 N–H and O–H groups in total. The van der Waals surface area contributed by atoms with E-state index in [0.29, 0.717) is 18.8 Å². The molecular formula is C26H30N2O8S. The van der Waals surface area contributed by atoms with E-state index in [1.54, 1.807) is 24.3 Å². The number of carbonyl (C=O) groups is 1. The minimum Gasteiger partial charge on any atom is -0.497 e. The second-order valence-corrected chi connectivity index (χ2v) is 10.7. The molecule has 0 bridgehead atoms. The van der Waals surface area contributed by atoms with Gasteiger partial charge in [-0.05, 0) is 55.9 Å². The van der Waals surface area contributed by atoms with Crippen molar-refractivity contribution in [1.82, 2.24) is 4.31 Å². The Hall–Kier alpha value is -3.28. The smallest absolute Gasteiger partial charge is 0.289 e. The van der Waals surface area contributed by atoms with Crippen molar-refractivity contribution in [3.05, 3.63) is 76.4 Å². The van der Waals surface area contributed by atoms with Crippen molar-refractivity contribution in [2.75, 3.05) is 20.3 Å². The van der Waals surface area contributed by atoms with Gasteiger partial charge in [0.05, 0.1) is 24.7 Å². The lowest BCUT2D eigenvalue weighted by Gasteiger charge is -2.37. The van der Waals surface area contributed by atoms with Gasteiger partial charge in [0.15, 0.2) is 11.2 Å². The van der Waals surface area contributed by atoms with Crippen molar-refractivity contribution in [3.8, 4) is 5.75 Å². The summed E-state index contributed by atoms with van der Waals surface area (Å²) in [5, 5.41) is 11.6. The van der Waals surface area contributed by atoms with Crippen LogP contribution in [0.15, 0.2) is 65.6 Å². The van der Waals surface area contributed by atoms with E-state index in [1.165, 1.54) is 25.3 Å². The standard InChI is InChI=1S/C26H30N2O8S/c1-34-20-9-6-8-19(18-20)21(15-17-36-26-14-4-5-16-35-26)22-11-7-13-25(29)27(22)37(32,33)24-12-3-2-10-23(24)28(30)31/h2-3,6-10,12-13,18,21-22,26H,4-5,11,14-17H2,1H3/t21-,22+,26?/m0/s1. The fraction of sp³-hybridized carbons (Fsp3) is 0.423. The zero-order valence-corrected chi connectivity index (χ0v) is 21.3. The molecule has 0 radical (unpaired) electrons. The van der Waals surface area contributed by atoms with E-state index in [9.17, 15) is 23.3 Å². The highest BCUT2D eigenvalue weighted by atomic mass is 32.2. The van der Waals surface area contributed by atoms with Crippen LogP contribution in [0.1, 0.15) is 43.6 Å². The number of nitrogens with zero attached hydrogens (tertiary/aromatic N) is 2. The Morgan fingerprint density at radius 2 is 2.00 bits per heavy atom. The summed E-state index contributed by atoms with van der Waals surface area (Å²) >= 11 is 0. The lowest BCUT2D eigenvalue weighted by Crippen LogP contribution is -2.48. The van der Waals surface area contributed by atoms with Gasteiger partial charge < -0.3 is 14.2 Å². The Morgan fingerprint density at radius 3 is 2.73 bits per heavy atom. The highest BCUT2D eigenvalue weighted by molar-refractivity contribution is 7.89. The van der Waals surface area contributed by atoms with Crippen molar-refractivity contribution < 1.29 is 32.3 Å². The Kier molecular flexibility index (Phi) is 8.57. The Morgan fingerprint density at radius 1 is 1.19 bits per heavy atom. The van der Waals surface area contributed by atoms with Gasteiger partial charge in [-0.2, -0.15) is 0 Å². The minimum atomic E-state index is -4.56. The van der Waals surface area contributed by atoms with Crippen molar-refractivity contribution in [3.63, 3.8) is 0 Å². The number of sulfonamides is 1. The van der Waals surface area contributed by atoms with Crippen LogP contribution in [-0.4, -0.2) is 56.2 Å². The molecule has 0 saturated carbocycles. The maximum Gasteiger partial charge on any atom is 0.289 e. The van der Waals surface area contributed by atoms with Gasteiger partial charge in [-0.25, -0.2) is 12.7 Å². The van der Waals surface area contributed by atoms with Crippen molar-refractivity contribution in [2.24, 2.45) is 0 Å². The van der Waals surface area contributed by atoms with E-state index >= 15 is 0 Å². The van der Waals surface area contributed by atoms with Crippen LogP contribution in [0, 0.1) is 10.1 Å². The molecule has 1 amide bonds. The van der Waals surface area contributed by atoms with Crippen LogP contribution in [0.3, 0.4) is 0 Å². The van der Waals surface area contributed by atoms with Crippen LogP contribution in [0.25, 0.3) is 0 Å². The molecule has 0 aliphatic carbocycles. The fourth-order valence-corrected chi connectivity index (χ4v) is 6.58. The predicted molar refractivity (Wildman–Crippen MR) is 135 cm³/mol. The summed E-state index contributed by atoms with van der Waals surface area (Å²) in [6.45, 7) is 0.911. The molecule has 11 heteroatoms. The molecule has 3 atom stereocenters. The van der Waals surface area contributed by atoms with Gasteiger partial charge in [-0.15, -0.1) is 0 Å². The quantitative estimate of drug-likeness (QED) is 0.331. The first kappa shape index (κ1) is 26.8. The third-order valence-electron chi connectivity index (χ3n) is 6.61. The number of carbonyl (C=O) groups excluding carboxylic acids is 1. The number of nitro benzene ring substituents is 1. The van der Waals surface area contributed by atoms with E-state index in [1.807, 2.05) is 6.07 Å². The monoisotopic (exact) mass is 530 g/mol. The van der Waals surface area contributed by atoms with Gasteiger partial charge in [-0.1, -0.05) is 30.3 Å². The molecule has 2 heterocycles. The molecule has 2 aliphatic rings. The number of benzene rings is 2. The second kappa shape index (κ2) is 11.8. The zero-order chi connectivity index (χ0) is 26.4. The van der Waals surface area contributed by atoms with Gasteiger partial charge in [0, 0.05) is 24.7 Å². The summed E-state index contributed by atoms with van der Waals surface area (Å²) in [5.41, 5.74) is 0.183. The first-order valence-electron chi connectivity index (χ1n) is 12.2. The lowest BCUT2D eigenvalue weighted by molar-refractivity contribution is -0.387. The highest BCUT2D eigenvalue weighted by Crippen LogP contribution is 2.38. The number of amides is 1. The van der Waals surface area contributed by atoms with E-state index in [2.05, 4.69) is 0 Å². The van der Waals surface area contributed by atoms with Crippen LogP contribution >= 0.6 is 0 Å². The Balaban J connectivity index is 1.71. The summed E-state index contributed by atoms with van der Waals surface area (Å²) in [7, 11) is -3.02. The average Bonchev–Trinajstić information content (AvgIpc) is 2.91. The largest absolute Gasteiger partial charge is 0.497 e. The van der Waals surface area contributed by atoms with E-state index in [0.717, 1.165) is 41.3 Å². The van der Waals surface area contributed by atoms with Crippen LogP contribution in [-0.2, 0) is 24.3 Å². The number of hydrogen-bond acceptors (Lipinski definition) is 8. The maximum atomic E-state index is 13.8. The molecule has 4 rings (SSSR count). The van der Waals surface area contributed by atoms with Crippen molar-refractivity contribution >= 4 is 21.6 Å². The van der Waals surface area contributed by atoms with Crippen LogP contribution in [0.4, 0.5) is 5.69 Å². The average molecular weight is 531 g/mol. The normalized spacial score (nSPS) is 21.0. The molecule has 1 saturated heterocycles. The summed E-state index contributed by atoms with van der Waals surface area (Å²) in [4.78, 5) is 23.4. The molecule has 198 valence electrons. The zero-order valence-electron chi connectivity index (χ0n) is 20.5. The molecular weight excluding hydrogens is 500 g/mol.